The summed E-state index contributed by atoms with van der Waals surface area (Å²) in [5.41, 5.74) is 2.91. The van der Waals surface area contributed by atoms with Gasteiger partial charge in [0.15, 0.2) is 0 Å². The molecule has 1 aromatic carbocycles. The molecule has 0 aliphatic carbocycles. The van der Waals surface area contributed by atoms with Gasteiger partial charge in [0.1, 0.15) is 11.9 Å². The van der Waals surface area contributed by atoms with E-state index < -0.39 is 5.69 Å². The first kappa shape index (κ1) is 21.9. The van der Waals surface area contributed by atoms with Crippen molar-refractivity contribution in [2.45, 2.75) is 32.4 Å². The van der Waals surface area contributed by atoms with Gasteiger partial charge in [-0.2, -0.15) is 0 Å². The summed E-state index contributed by atoms with van der Waals surface area (Å²) in [5.74, 6) is 0.837. The lowest BCUT2D eigenvalue weighted by molar-refractivity contribution is 0.162. The van der Waals surface area contributed by atoms with Gasteiger partial charge in [0.05, 0.1) is 16.8 Å². The number of ether oxygens (including phenoxy) is 1. The third-order valence-electron chi connectivity index (χ3n) is 5.82. The predicted molar refractivity (Wildman–Crippen MR) is 132 cm³/mol. The molecule has 1 fully saturated rings. The molecule has 0 bridgehead atoms. The molecule has 33 heavy (non-hydrogen) atoms. The van der Waals surface area contributed by atoms with E-state index in [4.69, 9.17) is 16.3 Å². The number of nitrogens with one attached hydrogen (secondary N) is 2. The topological polar surface area (TPSA) is 89.0 Å². The summed E-state index contributed by atoms with van der Waals surface area (Å²) in [6.07, 6.45) is 5.18. The molecule has 9 heteroatoms. The standard InChI is InChI=1S/C24H23ClN4O3S/c1-14-10-15(25)11-19(22(14)32-16-2-6-26-7-3-16)18-4-8-27-20-12-17(33-23(18)20)13-29-21(30)5-9-28-24(29)31/h4-5,8-12,16,26H,2-3,6-7,13H2,1H3,(H,28,31). The second-order valence-electron chi connectivity index (χ2n) is 8.16. The number of aromatic amines is 1. The van der Waals surface area contributed by atoms with Crippen LogP contribution in [0.2, 0.25) is 5.02 Å². The van der Waals surface area contributed by atoms with Crippen LogP contribution in [0.25, 0.3) is 21.3 Å². The predicted octanol–water partition coefficient (Wildman–Crippen LogP) is 3.95. The van der Waals surface area contributed by atoms with Crippen LogP contribution < -0.4 is 21.3 Å². The number of halogens is 1. The fourth-order valence-electron chi connectivity index (χ4n) is 4.20. The van der Waals surface area contributed by atoms with Crippen LogP contribution in [0, 0.1) is 6.92 Å². The largest absolute Gasteiger partial charge is 0.489 e. The van der Waals surface area contributed by atoms with Gasteiger partial charge >= 0.3 is 5.69 Å². The Labute approximate surface area is 199 Å². The average Bonchev–Trinajstić information content (AvgIpc) is 3.22. The Morgan fingerprint density at radius 3 is 2.79 bits per heavy atom. The summed E-state index contributed by atoms with van der Waals surface area (Å²) >= 11 is 7.97. The van der Waals surface area contributed by atoms with Crippen molar-refractivity contribution in [2.24, 2.45) is 0 Å². The summed E-state index contributed by atoms with van der Waals surface area (Å²) in [6, 6.07) is 9.09. The number of piperidine rings is 1. The van der Waals surface area contributed by atoms with Gasteiger partial charge < -0.3 is 15.0 Å². The van der Waals surface area contributed by atoms with Gasteiger partial charge in [-0.15, -0.1) is 11.3 Å². The number of H-pyrrole nitrogens is 1. The van der Waals surface area contributed by atoms with Crippen molar-refractivity contribution in [2.75, 3.05) is 13.1 Å². The quantitative estimate of drug-likeness (QED) is 0.449. The maximum Gasteiger partial charge on any atom is 0.328 e. The van der Waals surface area contributed by atoms with Crippen molar-refractivity contribution in [1.82, 2.24) is 19.9 Å². The van der Waals surface area contributed by atoms with Crippen LogP contribution in [0.4, 0.5) is 0 Å². The minimum Gasteiger partial charge on any atom is -0.489 e. The van der Waals surface area contributed by atoms with E-state index in [0.29, 0.717) is 5.02 Å². The number of aryl methyl sites for hydroxylation is 1. The molecular weight excluding hydrogens is 460 g/mol. The van der Waals surface area contributed by atoms with Gasteiger partial charge in [-0.25, -0.2) is 4.79 Å². The molecule has 0 amide bonds. The Morgan fingerprint density at radius 2 is 2.00 bits per heavy atom. The Balaban J connectivity index is 1.59. The summed E-state index contributed by atoms with van der Waals surface area (Å²) in [6.45, 7) is 4.08. The second kappa shape index (κ2) is 9.13. The normalized spacial score (nSPS) is 14.6. The van der Waals surface area contributed by atoms with Crippen LogP contribution in [-0.4, -0.2) is 33.7 Å². The van der Waals surface area contributed by atoms with Crippen LogP contribution in [0.5, 0.6) is 5.75 Å². The number of aromatic nitrogens is 3. The fraction of sp³-hybridized carbons (Fsp3) is 0.292. The molecule has 4 aromatic rings. The van der Waals surface area contributed by atoms with E-state index in [9.17, 15) is 9.59 Å². The number of hydrogen-bond donors (Lipinski definition) is 2. The lowest BCUT2D eigenvalue weighted by atomic mass is 10.0. The molecule has 7 nitrogen and oxygen atoms in total. The molecule has 3 aromatic heterocycles. The van der Waals surface area contributed by atoms with Crippen molar-refractivity contribution in [3.05, 3.63) is 79.0 Å². The van der Waals surface area contributed by atoms with Crippen LogP contribution in [0.1, 0.15) is 23.3 Å². The van der Waals surface area contributed by atoms with E-state index in [2.05, 4.69) is 15.3 Å². The maximum absolute atomic E-state index is 12.2. The molecule has 1 aliphatic rings. The van der Waals surface area contributed by atoms with Crippen LogP contribution >= 0.6 is 22.9 Å². The minimum atomic E-state index is -0.434. The smallest absolute Gasteiger partial charge is 0.328 e. The van der Waals surface area contributed by atoms with Crippen LogP contribution in [-0.2, 0) is 6.54 Å². The zero-order chi connectivity index (χ0) is 22.9. The molecule has 170 valence electrons. The Hall–Kier alpha value is -2.94. The Morgan fingerprint density at radius 1 is 1.18 bits per heavy atom. The van der Waals surface area contributed by atoms with Crippen molar-refractivity contribution < 1.29 is 4.74 Å². The number of pyridine rings is 1. The molecule has 0 radical (unpaired) electrons. The van der Waals surface area contributed by atoms with Gasteiger partial charge in [-0.05, 0) is 62.7 Å². The highest BCUT2D eigenvalue weighted by atomic mass is 35.5. The lowest BCUT2D eigenvalue weighted by Gasteiger charge is -2.26. The van der Waals surface area contributed by atoms with Crippen molar-refractivity contribution in [3.63, 3.8) is 0 Å². The first-order chi connectivity index (χ1) is 16.0. The van der Waals surface area contributed by atoms with E-state index in [0.717, 1.165) is 63.5 Å². The van der Waals surface area contributed by atoms with Crippen LogP contribution in [0.3, 0.4) is 0 Å². The first-order valence-electron chi connectivity index (χ1n) is 10.8. The van der Waals surface area contributed by atoms with E-state index in [-0.39, 0.29) is 18.2 Å². The van der Waals surface area contributed by atoms with Crippen molar-refractivity contribution in [1.29, 1.82) is 0 Å². The van der Waals surface area contributed by atoms with E-state index in [1.165, 1.54) is 28.2 Å². The number of thiophene rings is 1. The molecule has 5 rings (SSSR count). The fourth-order valence-corrected chi connectivity index (χ4v) is 5.60. The highest BCUT2D eigenvalue weighted by Gasteiger charge is 2.21. The summed E-state index contributed by atoms with van der Waals surface area (Å²) in [4.78, 5) is 32.2. The van der Waals surface area contributed by atoms with Crippen molar-refractivity contribution in [3.8, 4) is 16.9 Å². The van der Waals surface area contributed by atoms with Crippen molar-refractivity contribution >= 4 is 33.2 Å². The summed E-state index contributed by atoms with van der Waals surface area (Å²) in [5, 5.41) is 4.01. The monoisotopic (exact) mass is 482 g/mol. The molecule has 0 atom stereocenters. The van der Waals surface area contributed by atoms with Gasteiger partial charge in [-0.1, -0.05) is 11.6 Å². The molecule has 0 spiro atoms. The first-order valence-corrected chi connectivity index (χ1v) is 12.0. The molecule has 1 saturated heterocycles. The number of benzene rings is 1. The Bertz CT molecular complexity index is 1410. The minimum absolute atomic E-state index is 0.151. The van der Waals surface area contributed by atoms with E-state index in [1.807, 2.05) is 31.2 Å². The highest BCUT2D eigenvalue weighted by Crippen LogP contribution is 2.42. The average molecular weight is 483 g/mol. The number of hydrogen-bond acceptors (Lipinski definition) is 6. The van der Waals surface area contributed by atoms with Gasteiger partial charge in [-0.3, -0.25) is 14.3 Å². The summed E-state index contributed by atoms with van der Waals surface area (Å²) in [7, 11) is 0. The Kier molecular flexibility index (Phi) is 6.05. The molecule has 0 saturated carbocycles. The molecule has 1 aliphatic heterocycles. The molecular formula is C24H23ClN4O3S. The molecule has 4 heterocycles. The number of nitrogens with zero attached hydrogens (tertiary/aromatic N) is 2. The van der Waals surface area contributed by atoms with Gasteiger partial charge in [0.25, 0.3) is 5.56 Å². The molecule has 2 N–H and O–H groups in total. The van der Waals surface area contributed by atoms with Gasteiger partial charge in [0, 0.05) is 39.5 Å². The zero-order valence-electron chi connectivity index (χ0n) is 18.1. The SMILES string of the molecule is Cc1cc(Cl)cc(-c2ccnc3cc(Cn4c(=O)cc[nH]c4=O)sc23)c1OC1CCNCC1. The second-order valence-corrected chi connectivity index (χ2v) is 9.73. The highest BCUT2D eigenvalue weighted by molar-refractivity contribution is 7.19. The maximum atomic E-state index is 12.2. The van der Waals surface area contributed by atoms with Gasteiger partial charge in [0.2, 0.25) is 0 Å². The lowest BCUT2D eigenvalue weighted by Crippen LogP contribution is -2.34. The van der Waals surface area contributed by atoms with E-state index >= 15 is 0 Å². The zero-order valence-corrected chi connectivity index (χ0v) is 19.6. The number of fused-ring (bicyclic) bond motifs is 1. The third kappa shape index (κ3) is 4.46. The van der Waals surface area contributed by atoms with Crippen LogP contribution in [0.15, 0.2) is 52.3 Å². The molecule has 0 unspecified atom stereocenters. The van der Waals surface area contributed by atoms with E-state index in [1.54, 1.807) is 6.20 Å². The number of rotatable bonds is 5. The third-order valence-corrected chi connectivity index (χ3v) is 7.18. The summed E-state index contributed by atoms with van der Waals surface area (Å²) < 4.78 is 8.65.